The Hall–Kier alpha value is -3.26. The van der Waals surface area contributed by atoms with Crippen LogP contribution in [0.4, 0.5) is 5.95 Å². The van der Waals surface area contributed by atoms with E-state index in [4.69, 9.17) is 15.6 Å². The van der Waals surface area contributed by atoms with Gasteiger partial charge in [-0.2, -0.15) is 10.1 Å². The standard InChI is InChI=1S/C19H21N5O3/c1-12(2)24-15(26)9-8-14(23-24)16-17(13-6-4-3-5-7-13)21-19(20)22-18(16)27-11-10-25/h3-9,12,25H,10-11H2,1-2H3,(H2,20,21,22). The molecule has 1 aromatic carbocycles. The third-order valence-electron chi connectivity index (χ3n) is 3.84. The predicted octanol–water partition coefficient (Wildman–Crippen LogP) is 1.90. The first-order valence-electron chi connectivity index (χ1n) is 8.58. The fourth-order valence-corrected chi connectivity index (χ4v) is 2.67. The van der Waals surface area contributed by atoms with Crippen molar-refractivity contribution in [3.63, 3.8) is 0 Å². The van der Waals surface area contributed by atoms with Crippen molar-refractivity contribution in [2.24, 2.45) is 0 Å². The van der Waals surface area contributed by atoms with Crippen LogP contribution >= 0.6 is 0 Å². The van der Waals surface area contributed by atoms with E-state index in [1.807, 2.05) is 44.2 Å². The lowest BCUT2D eigenvalue weighted by Crippen LogP contribution is -2.24. The number of aliphatic hydroxyl groups excluding tert-OH is 1. The van der Waals surface area contributed by atoms with Crippen LogP contribution in [0.5, 0.6) is 5.88 Å². The van der Waals surface area contributed by atoms with Gasteiger partial charge in [0.2, 0.25) is 11.8 Å². The Morgan fingerprint density at radius 1 is 1.15 bits per heavy atom. The molecular formula is C19H21N5O3. The molecule has 2 heterocycles. The van der Waals surface area contributed by atoms with Crippen LogP contribution < -0.4 is 16.0 Å². The summed E-state index contributed by atoms with van der Waals surface area (Å²) in [6.07, 6.45) is 0. The summed E-state index contributed by atoms with van der Waals surface area (Å²) < 4.78 is 6.99. The number of aliphatic hydroxyl groups is 1. The second-order valence-electron chi connectivity index (χ2n) is 6.14. The molecule has 0 atom stereocenters. The number of nitrogens with two attached hydrogens (primary N) is 1. The quantitative estimate of drug-likeness (QED) is 0.683. The molecule has 3 aromatic rings. The van der Waals surface area contributed by atoms with Crippen LogP contribution in [0.25, 0.3) is 22.5 Å². The van der Waals surface area contributed by atoms with Crippen LogP contribution in [-0.2, 0) is 0 Å². The zero-order valence-electron chi connectivity index (χ0n) is 15.2. The van der Waals surface area contributed by atoms with Crippen LogP contribution in [0, 0.1) is 0 Å². The van der Waals surface area contributed by atoms with E-state index in [0.29, 0.717) is 17.0 Å². The minimum atomic E-state index is -0.204. The van der Waals surface area contributed by atoms with Crippen molar-refractivity contribution < 1.29 is 9.84 Å². The monoisotopic (exact) mass is 367 g/mol. The summed E-state index contributed by atoms with van der Waals surface area (Å²) in [6, 6.07) is 12.4. The zero-order valence-corrected chi connectivity index (χ0v) is 15.2. The maximum atomic E-state index is 12.1. The summed E-state index contributed by atoms with van der Waals surface area (Å²) in [5.41, 5.74) is 8.01. The van der Waals surface area contributed by atoms with E-state index < -0.39 is 0 Å². The smallest absolute Gasteiger partial charge is 0.267 e. The van der Waals surface area contributed by atoms with Crippen molar-refractivity contribution in [3.05, 3.63) is 52.8 Å². The summed E-state index contributed by atoms with van der Waals surface area (Å²) in [7, 11) is 0. The van der Waals surface area contributed by atoms with Crippen molar-refractivity contribution in [1.29, 1.82) is 0 Å². The number of benzene rings is 1. The van der Waals surface area contributed by atoms with Crippen molar-refractivity contribution in [1.82, 2.24) is 19.7 Å². The molecule has 0 bridgehead atoms. The number of ether oxygens (including phenoxy) is 1. The normalized spacial score (nSPS) is 11.0. The number of aromatic nitrogens is 4. The third-order valence-corrected chi connectivity index (χ3v) is 3.84. The molecule has 0 aliphatic rings. The van der Waals surface area contributed by atoms with Crippen molar-refractivity contribution in [2.75, 3.05) is 18.9 Å². The second kappa shape index (κ2) is 7.96. The Morgan fingerprint density at radius 3 is 2.56 bits per heavy atom. The molecule has 140 valence electrons. The first-order chi connectivity index (χ1) is 13.0. The number of nitrogens with zero attached hydrogens (tertiary/aromatic N) is 4. The first kappa shape index (κ1) is 18.5. The van der Waals surface area contributed by atoms with Gasteiger partial charge in [-0.05, 0) is 19.9 Å². The highest BCUT2D eigenvalue weighted by Crippen LogP contribution is 2.36. The van der Waals surface area contributed by atoms with Crippen molar-refractivity contribution in [2.45, 2.75) is 19.9 Å². The molecule has 8 nitrogen and oxygen atoms in total. The van der Waals surface area contributed by atoms with Gasteiger partial charge in [-0.3, -0.25) is 4.79 Å². The van der Waals surface area contributed by atoms with Gasteiger partial charge >= 0.3 is 0 Å². The molecule has 0 aliphatic carbocycles. The zero-order chi connectivity index (χ0) is 19.4. The summed E-state index contributed by atoms with van der Waals surface area (Å²) >= 11 is 0. The Labute approximate surface area is 156 Å². The number of rotatable bonds is 6. The van der Waals surface area contributed by atoms with Crippen LogP contribution in [0.15, 0.2) is 47.3 Å². The van der Waals surface area contributed by atoms with Gasteiger partial charge in [0.15, 0.2) is 0 Å². The minimum Gasteiger partial charge on any atom is -0.475 e. The van der Waals surface area contributed by atoms with Crippen LogP contribution in [-0.4, -0.2) is 38.1 Å². The Morgan fingerprint density at radius 2 is 1.89 bits per heavy atom. The maximum Gasteiger partial charge on any atom is 0.267 e. The molecular weight excluding hydrogens is 346 g/mol. The highest BCUT2D eigenvalue weighted by atomic mass is 16.5. The molecule has 0 aliphatic heterocycles. The van der Waals surface area contributed by atoms with Crippen molar-refractivity contribution in [3.8, 4) is 28.4 Å². The first-order valence-corrected chi connectivity index (χ1v) is 8.58. The molecule has 27 heavy (non-hydrogen) atoms. The predicted molar refractivity (Wildman–Crippen MR) is 102 cm³/mol. The molecule has 0 fully saturated rings. The average Bonchev–Trinajstić information content (AvgIpc) is 2.67. The Balaban J connectivity index is 2.29. The number of hydrogen-bond donors (Lipinski definition) is 2. The molecule has 0 saturated carbocycles. The highest BCUT2D eigenvalue weighted by Gasteiger charge is 2.20. The number of anilines is 1. The molecule has 3 rings (SSSR count). The van der Waals surface area contributed by atoms with Crippen LogP contribution in [0.2, 0.25) is 0 Å². The Bertz CT molecular complexity index is 986. The molecule has 3 N–H and O–H groups in total. The van der Waals surface area contributed by atoms with E-state index in [1.54, 1.807) is 6.07 Å². The molecule has 0 unspecified atom stereocenters. The number of hydrogen-bond acceptors (Lipinski definition) is 7. The van der Waals surface area contributed by atoms with Crippen molar-refractivity contribution >= 4 is 5.95 Å². The van der Waals surface area contributed by atoms with Gasteiger partial charge in [0, 0.05) is 11.6 Å². The van der Waals surface area contributed by atoms with Gasteiger partial charge < -0.3 is 15.6 Å². The summed E-state index contributed by atoms with van der Waals surface area (Å²) in [6.45, 7) is 3.61. The van der Waals surface area contributed by atoms with Crippen LogP contribution in [0.1, 0.15) is 19.9 Å². The van der Waals surface area contributed by atoms with Gasteiger partial charge in [-0.25, -0.2) is 9.67 Å². The highest BCUT2D eigenvalue weighted by molar-refractivity contribution is 5.83. The molecule has 0 radical (unpaired) electrons. The molecule has 0 saturated heterocycles. The summed E-state index contributed by atoms with van der Waals surface area (Å²) in [4.78, 5) is 20.7. The average molecular weight is 367 g/mol. The molecule has 0 amide bonds. The van der Waals surface area contributed by atoms with E-state index in [0.717, 1.165) is 5.56 Å². The van der Waals surface area contributed by atoms with Gasteiger partial charge in [-0.15, -0.1) is 0 Å². The fourth-order valence-electron chi connectivity index (χ4n) is 2.67. The van der Waals surface area contributed by atoms with Gasteiger partial charge in [0.05, 0.1) is 29.6 Å². The Kier molecular flexibility index (Phi) is 5.46. The minimum absolute atomic E-state index is 0.0432. The molecule has 2 aromatic heterocycles. The van der Waals surface area contributed by atoms with E-state index in [9.17, 15) is 4.79 Å². The van der Waals surface area contributed by atoms with E-state index in [1.165, 1.54) is 10.7 Å². The lowest BCUT2D eigenvalue weighted by atomic mass is 10.0. The van der Waals surface area contributed by atoms with E-state index >= 15 is 0 Å². The lowest BCUT2D eigenvalue weighted by molar-refractivity contribution is 0.197. The van der Waals surface area contributed by atoms with E-state index in [2.05, 4.69) is 15.1 Å². The van der Waals surface area contributed by atoms with E-state index in [-0.39, 0.29) is 36.6 Å². The third kappa shape index (κ3) is 3.95. The molecule has 8 heteroatoms. The SMILES string of the molecule is CC(C)n1nc(-c2c(OCCO)nc(N)nc2-c2ccccc2)ccc1=O. The molecule has 0 spiro atoms. The van der Waals surface area contributed by atoms with Gasteiger partial charge in [0.25, 0.3) is 5.56 Å². The summed E-state index contributed by atoms with van der Waals surface area (Å²) in [5, 5.41) is 13.6. The maximum absolute atomic E-state index is 12.1. The topological polar surface area (TPSA) is 116 Å². The largest absolute Gasteiger partial charge is 0.475 e. The summed E-state index contributed by atoms with van der Waals surface area (Å²) in [5.74, 6) is 0.250. The fraction of sp³-hybridized carbons (Fsp3) is 0.263. The number of nitrogen functional groups attached to an aromatic ring is 1. The van der Waals surface area contributed by atoms with Crippen LogP contribution in [0.3, 0.4) is 0 Å². The van der Waals surface area contributed by atoms with Gasteiger partial charge in [-0.1, -0.05) is 30.3 Å². The second-order valence-corrected chi connectivity index (χ2v) is 6.14. The lowest BCUT2D eigenvalue weighted by Gasteiger charge is -2.16. The van der Waals surface area contributed by atoms with Gasteiger partial charge in [0.1, 0.15) is 6.61 Å².